The summed E-state index contributed by atoms with van der Waals surface area (Å²) in [7, 11) is 0. The molecule has 0 bridgehead atoms. The van der Waals surface area contributed by atoms with E-state index in [4.69, 9.17) is 0 Å². The monoisotopic (exact) mass is 373 g/mol. The summed E-state index contributed by atoms with van der Waals surface area (Å²) in [6.45, 7) is 3.86. The molecule has 0 N–H and O–H groups in total. The molecular weight excluding hydrogens is 360 g/mol. The lowest BCUT2D eigenvalue weighted by Crippen LogP contribution is -2.03. The van der Waals surface area contributed by atoms with Gasteiger partial charge in [0.2, 0.25) is 11.0 Å². The molecule has 4 rings (SSSR count). The normalized spacial score (nSPS) is 11.6. The molecule has 0 aliphatic carbocycles. The largest absolute Gasteiger partial charge is 0.299 e. The Labute approximate surface area is 151 Å². The molecule has 0 atom stereocenters. The molecule has 0 amide bonds. The number of hydrogen-bond donors (Lipinski definition) is 0. The standard InChI is InChI=1S/C16H13F2N7S/c1-9-5-3-4-6-11(9)24-10(2)19-22-16(24)26-13-8-7-12-20-21-15(14(17)18)25(12)23-13/h3-8,14H,1-2H3. The smallest absolute Gasteiger partial charge is 0.274 e. The highest BCUT2D eigenvalue weighted by Gasteiger charge is 2.19. The van der Waals surface area contributed by atoms with Crippen LogP contribution in [0, 0.1) is 13.8 Å². The molecule has 3 aromatic heterocycles. The zero-order chi connectivity index (χ0) is 18.3. The van der Waals surface area contributed by atoms with Gasteiger partial charge in [0.1, 0.15) is 10.9 Å². The number of nitrogens with zero attached hydrogens (tertiary/aromatic N) is 7. The van der Waals surface area contributed by atoms with Crippen molar-refractivity contribution in [2.75, 3.05) is 0 Å². The van der Waals surface area contributed by atoms with Crippen LogP contribution >= 0.6 is 11.8 Å². The summed E-state index contributed by atoms with van der Waals surface area (Å²) in [6.07, 6.45) is -2.75. The Morgan fingerprint density at radius 2 is 1.77 bits per heavy atom. The van der Waals surface area contributed by atoms with Gasteiger partial charge >= 0.3 is 0 Å². The minimum Gasteiger partial charge on any atom is -0.274 e. The van der Waals surface area contributed by atoms with Crippen LogP contribution in [0.2, 0.25) is 0 Å². The van der Waals surface area contributed by atoms with Crippen LogP contribution in [0.15, 0.2) is 46.6 Å². The second-order valence-electron chi connectivity index (χ2n) is 5.55. The maximum Gasteiger partial charge on any atom is 0.299 e. The number of aryl methyl sites for hydroxylation is 2. The Hall–Kier alpha value is -2.88. The first-order chi connectivity index (χ1) is 12.5. The predicted octanol–water partition coefficient (Wildman–Crippen LogP) is 3.41. The third kappa shape index (κ3) is 2.81. The second kappa shape index (κ2) is 6.45. The molecule has 3 heterocycles. The second-order valence-corrected chi connectivity index (χ2v) is 6.54. The SMILES string of the molecule is Cc1ccccc1-n1c(C)nnc1Sc1ccc2nnc(C(F)F)n2n1. The van der Waals surface area contributed by atoms with Crippen molar-refractivity contribution < 1.29 is 8.78 Å². The lowest BCUT2D eigenvalue weighted by molar-refractivity contribution is 0.137. The summed E-state index contributed by atoms with van der Waals surface area (Å²) in [4.78, 5) is 0. The number of alkyl halides is 2. The summed E-state index contributed by atoms with van der Waals surface area (Å²) in [5, 5.41) is 20.8. The molecule has 0 fully saturated rings. The van der Waals surface area contributed by atoms with E-state index in [2.05, 4.69) is 25.5 Å². The lowest BCUT2D eigenvalue weighted by atomic mass is 10.2. The highest BCUT2D eigenvalue weighted by molar-refractivity contribution is 7.99. The first kappa shape index (κ1) is 16.6. The zero-order valence-electron chi connectivity index (χ0n) is 13.8. The van der Waals surface area contributed by atoms with E-state index in [1.165, 1.54) is 11.8 Å². The molecule has 0 saturated heterocycles. The Morgan fingerprint density at radius 1 is 0.962 bits per heavy atom. The predicted molar refractivity (Wildman–Crippen MR) is 90.7 cm³/mol. The van der Waals surface area contributed by atoms with E-state index in [1.54, 1.807) is 12.1 Å². The van der Waals surface area contributed by atoms with Gasteiger partial charge in [-0.2, -0.15) is 9.61 Å². The number of halogens is 2. The van der Waals surface area contributed by atoms with Crippen molar-refractivity contribution in [3.05, 3.63) is 53.6 Å². The number of fused-ring (bicyclic) bond motifs is 1. The molecule has 132 valence electrons. The minimum atomic E-state index is -2.75. The Morgan fingerprint density at radius 3 is 2.54 bits per heavy atom. The fraction of sp³-hybridized carbons (Fsp3) is 0.188. The maximum atomic E-state index is 13.0. The fourth-order valence-corrected chi connectivity index (χ4v) is 3.42. The number of para-hydroxylation sites is 1. The maximum absolute atomic E-state index is 13.0. The van der Waals surface area contributed by atoms with Gasteiger partial charge in [-0.3, -0.25) is 4.57 Å². The van der Waals surface area contributed by atoms with Crippen LogP contribution in [0.3, 0.4) is 0 Å². The molecule has 0 aliphatic rings. The fourth-order valence-electron chi connectivity index (χ4n) is 2.57. The van der Waals surface area contributed by atoms with E-state index >= 15 is 0 Å². The van der Waals surface area contributed by atoms with Crippen LogP contribution in [-0.4, -0.2) is 34.6 Å². The van der Waals surface area contributed by atoms with E-state index in [0.29, 0.717) is 10.2 Å². The highest BCUT2D eigenvalue weighted by atomic mass is 32.2. The first-order valence-corrected chi connectivity index (χ1v) is 8.52. The molecule has 1 aromatic carbocycles. The lowest BCUT2D eigenvalue weighted by Gasteiger charge is -2.10. The molecule has 26 heavy (non-hydrogen) atoms. The van der Waals surface area contributed by atoms with Crippen LogP contribution < -0.4 is 0 Å². The van der Waals surface area contributed by atoms with E-state index in [0.717, 1.165) is 21.6 Å². The Balaban J connectivity index is 1.76. The van der Waals surface area contributed by atoms with Gasteiger partial charge in [-0.1, -0.05) is 18.2 Å². The number of aromatic nitrogens is 7. The van der Waals surface area contributed by atoms with Crippen molar-refractivity contribution in [1.82, 2.24) is 34.6 Å². The number of benzene rings is 1. The van der Waals surface area contributed by atoms with Gasteiger partial charge in [-0.25, -0.2) is 8.78 Å². The van der Waals surface area contributed by atoms with E-state index < -0.39 is 12.2 Å². The van der Waals surface area contributed by atoms with Crippen molar-refractivity contribution >= 4 is 17.4 Å². The van der Waals surface area contributed by atoms with Crippen molar-refractivity contribution in [2.45, 2.75) is 30.5 Å². The van der Waals surface area contributed by atoms with Gasteiger partial charge in [0, 0.05) is 0 Å². The molecule has 7 nitrogen and oxygen atoms in total. The summed E-state index contributed by atoms with van der Waals surface area (Å²) < 4.78 is 29.0. The van der Waals surface area contributed by atoms with Crippen molar-refractivity contribution in [1.29, 1.82) is 0 Å². The highest BCUT2D eigenvalue weighted by Crippen LogP contribution is 2.29. The van der Waals surface area contributed by atoms with Crippen molar-refractivity contribution in [2.24, 2.45) is 0 Å². The van der Waals surface area contributed by atoms with Gasteiger partial charge in [0.05, 0.1) is 5.69 Å². The molecular formula is C16H13F2N7S. The molecule has 4 aromatic rings. The Bertz CT molecular complexity index is 1090. The van der Waals surface area contributed by atoms with Crippen LogP contribution in [0.5, 0.6) is 0 Å². The Kier molecular flexibility index (Phi) is 4.11. The molecule has 0 spiro atoms. The molecule has 10 heteroatoms. The minimum absolute atomic E-state index is 0.265. The van der Waals surface area contributed by atoms with Gasteiger partial charge in [-0.15, -0.1) is 20.4 Å². The molecule has 0 radical (unpaired) electrons. The molecule has 0 unspecified atom stereocenters. The molecule has 0 aliphatic heterocycles. The van der Waals surface area contributed by atoms with E-state index in [1.807, 2.05) is 42.7 Å². The van der Waals surface area contributed by atoms with Gasteiger partial charge < -0.3 is 0 Å². The van der Waals surface area contributed by atoms with Gasteiger partial charge in [0.25, 0.3) is 6.43 Å². The molecule has 0 saturated carbocycles. The van der Waals surface area contributed by atoms with Gasteiger partial charge in [0.15, 0.2) is 5.65 Å². The van der Waals surface area contributed by atoms with Crippen LogP contribution in [0.1, 0.15) is 23.6 Å². The van der Waals surface area contributed by atoms with E-state index in [9.17, 15) is 8.78 Å². The third-order valence-corrected chi connectivity index (χ3v) is 4.68. The van der Waals surface area contributed by atoms with Crippen LogP contribution in [0.4, 0.5) is 8.78 Å². The topological polar surface area (TPSA) is 73.8 Å². The average Bonchev–Trinajstić information content (AvgIpc) is 3.19. The van der Waals surface area contributed by atoms with Crippen molar-refractivity contribution in [3.63, 3.8) is 0 Å². The number of hydrogen-bond acceptors (Lipinski definition) is 6. The zero-order valence-corrected chi connectivity index (χ0v) is 14.7. The average molecular weight is 373 g/mol. The van der Waals surface area contributed by atoms with Crippen molar-refractivity contribution in [3.8, 4) is 5.69 Å². The number of rotatable bonds is 4. The van der Waals surface area contributed by atoms with Gasteiger partial charge in [-0.05, 0) is 49.4 Å². The first-order valence-electron chi connectivity index (χ1n) is 7.71. The van der Waals surface area contributed by atoms with E-state index in [-0.39, 0.29) is 5.65 Å². The quantitative estimate of drug-likeness (QED) is 0.546. The third-order valence-electron chi connectivity index (χ3n) is 3.81. The van der Waals surface area contributed by atoms with Crippen LogP contribution in [0.25, 0.3) is 11.3 Å². The summed E-state index contributed by atoms with van der Waals surface area (Å²) >= 11 is 1.23. The summed E-state index contributed by atoms with van der Waals surface area (Å²) in [6, 6.07) is 11.2. The van der Waals surface area contributed by atoms with Crippen LogP contribution in [-0.2, 0) is 0 Å². The summed E-state index contributed by atoms with van der Waals surface area (Å²) in [5.41, 5.74) is 2.29. The summed E-state index contributed by atoms with van der Waals surface area (Å²) in [5.74, 6) is 0.236.